The van der Waals surface area contributed by atoms with Gasteiger partial charge < -0.3 is 10.6 Å². The lowest BCUT2D eigenvalue weighted by molar-refractivity contribution is -0.119. The summed E-state index contributed by atoms with van der Waals surface area (Å²) in [6, 6.07) is 0.396. The van der Waals surface area contributed by atoms with E-state index in [0.717, 1.165) is 31.8 Å². The molecule has 1 atom stereocenters. The fourth-order valence-electron chi connectivity index (χ4n) is 1.99. The first-order chi connectivity index (χ1) is 6.34. The van der Waals surface area contributed by atoms with Crippen LogP contribution in [0.5, 0.6) is 0 Å². The van der Waals surface area contributed by atoms with E-state index in [9.17, 15) is 4.79 Å². The van der Waals surface area contributed by atoms with Crippen LogP contribution in [-0.2, 0) is 4.79 Å². The summed E-state index contributed by atoms with van der Waals surface area (Å²) >= 11 is 0. The quantitative estimate of drug-likeness (QED) is 0.670. The molecule has 3 heteroatoms. The summed E-state index contributed by atoms with van der Waals surface area (Å²) in [5, 5.41) is 6.40. The lowest BCUT2D eigenvalue weighted by Crippen LogP contribution is -2.38. The summed E-state index contributed by atoms with van der Waals surface area (Å²) in [4.78, 5) is 10.9. The minimum absolute atomic E-state index is 0.218. The zero-order chi connectivity index (χ0) is 9.10. The second-order valence-electron chi connectivity index (χ2n) is 4.26. The Labute approximate surface area is 79.3 Å². The highest BCUT2D eigenvalue weighted by molar-refractivity contribution is 5.78. The van der Waals surface area contributed by atoms with Crippen LogP contribution in [0.15, 0.2) is 0 Å². The summed E-state index contributed by atoms with van der Waals surface area (Å²) in [7, 11) is 0. The number of carbonyl (C=O) groups excluding carboxylic acids is 1. The summed E-state index contributed by atoms with van der Waals surface area (Å²) < 4.78 is 0. The van der Waals surface area contributed by atoms with Crippen LogP contribution in [0.4, 0.5) is 0 Å². The molecule has 1 aliphatic heterocycles. The molecular formula is C10H18N2O. The molecule has 2 N–H and O–H groups in total. The molecule has 1 unspecified atom stereocenters. The highest BCUT2D eigenvalue weighted by Crippen LogP contribution is 2.25. The average molecular weight is 182 g/mol. The zero-order valence-corrected chi connectivity index (χ0v) is 8.01. The van der Waals surface area contributed by atoms with E-state index in [1.165, 1.54) is 19.3 Å². The van der Waals surface area contributed by atoms with Crippen LogP contribution in [0, 0.1) is 5.92 Å². The van der Waals surface area contributed by atoms with Crippen molar-refractivity contribution in [2.45, 2.75) is 38.1 Å². The van der Waals surface area contributed by atoms with E-state index in [4.69, 9.17) is 0 Å². The van der Waals surface area contributed by atoms with Gasteiger partial charge in [-0.1, -0.05) is 6.42 Å². The molecule has 2 rings (SSSR count). The lowest BCUT2D eigenvalue weighted by atomic mass is 9.85. The van der Waals surface area contributed by atoms with Gasteiger partial charge in [0.2, 0.25) is 5.91 Å². The average Bonchev–Trinajstić information content (AvgIpc) is 2.42. The Balaban J connectivity index is 1.54. The summed E-state index contributed by atoms with van der Waals surface area (Å²) in [6.07, 6.45) is 5.92. The molecule has 1 aliphatic carbocycles. The first kappa shape index (κ1) is 9.00. The maximum Gasteiger partial charge on any atom is 0.220 e. The van der Waals surface area contributed by atoms with Gasteiger partial charge >= 0.3 is 0 Å². The number of carbonyl (C=O) groups is 1. The lowest BCUT2D eigenvalue weighted by Gasteiger charge is -2.26. The van der Waals surface area contributed by atoms with Gasteiger partial charge in [-0.05, 0) is 31.7 Å². The molecule has 0 spiro atoms. The van der Waals surface area contributed by atoms with Crippen molar-refractivity contribution in [1.82, 2.24) is 10.6 Å². The van der Waals surface area contributed by atoms with Gasteiger partial charge in [0.05, 0.1) is 0 Å². The maximum absolute atomic E-state index is 10.9. The van der Waals surface area contributed by atoms with Crippen LogP contribution < -0.4 is 10.6 Å². The van der Waals surface area contributed by atoms with Crippen LogP contribution in [0.25, 0.3) is 0 Å². The van der Waals surface area contributed by atoms with Gasteiger partial charge in [0.25, 0.3) is 0 Å². The molecule has 1 saturated carbocycles. The topological polar surface area (TPSA) is 41.1 Å². The first-order valence-electron chi connectivity index (χ1n) is 5.34. The fourth-order valence-corrected chi connectivity index (χ4v) is 1.99. The van der Waals surface area contributed by atoms with Crippen LogP contribution in [0.1, 0.15) is 32.1 Å². The van der Waals surface area contributed by atoms with E-state index in [-0.39, 0.29) is 5.91 Å². The van der Waals surface area contributed by atoms with Crippen LogP contribution in [-0.4, -0.2) is 25.0 Å². The summed E-state index contributed by atoms with van der Waals surface area (Å²) in [5.41, 5.74) is 0. The molecule has 74 valence electrons. The minimum atomic E-state index is 0.218. The molecular weight excluding hydrogens is 164 g/mol. The van der Waals surface area contributed by atoms with E-state index in [2.05, 4.69) is 10.6 Å². The van der Waals surface area contributed by atoms with Crippen molar-refractivity contribution < 1.29 is 4.79 Å². The predicted octanol–water partition coefficient (Wildman–Crippen LogP) is 0.655. The second-order valence-corrected chi connectivity index (χ2v) is 4.26. The molecule has 1 amide bonds. The van der Waals surface area contributed by atoms with Crippen LogP contribution in [0.3, 0.4) is 0 Å². The van der Waals surface area contributed by atoms with Crippen molar-refractivity contribution >= 4 is 5.91 Å². The van der Waals surface area contributed by atoms with Gasteiger partial charge in [-0.3, -0.25) is 4.79 Å². The second kappa shape index (κ2) is 4.09. The van der Waals surface area contributed by atoms with E-state index in [1.807, 2.05) is 0 Å². The van der Waals surface area contributed by atoms with E-state index >= 15 is 0 Å². The molecule has 1 heterocycles. The minimum Gasteiger partial charge on any atom is -0.352 e. The van der Waals surface area contributed by atoms with Crippen molar-refractivity contribution in [3.05, 3.63) is 0 Å². The molecule has 2 fully saturated rings. The normalized spacial score (nSPS) is 28.6. The Hall–Kier alpha value is -0.570. The van der Waals surface area contributed by atoms with Gasteiger partial charge in [-0.25, -0.2) is 0 Å². The van der Waals surface area contributed by atoms with Crippen molar-refractivity contribution in [3.63, 3.8) is 0 Å². The maximum atomic E-state index is 10.9. The Morgan fingerprint density at radius 3 is 2.69 bits per heavy atom. The van der Waals surface area contributed by atoms with Crippen molar-refractivity contribution in [1.29, 1.82) is 0 Å². The largest absolute Gasteiger partial charge is 0.352 e. The Kier molecular flexibility index (Phi) is 2.83. The smallest absolute Gasteiger partial charge is 0.220 e. The van der Waals surface area contributed by atoms with Crippen molar-refractivity contribution in [2.24, 2.45) is 5.92 Å². The molecule has 13 heavy (non-hydrogen) atoms. The first-order valence-corrected chi connectivity index (χ1v) is 5.34. The molecule has 0 bridgehead atoms. The molecule has 0 radical (unpaired) electrons. The van der Waals surface area contributed by atoms with E-state index in [1.54, 1.807) is 0 Å². The van der Waals surface area contributed by atoms with E-state index in [0.29, 0.717) is 6.04 Å². The molecule has 0 aromatic carbocycles. The Bertz CT molecular complexity index is 189. The molecule has 0 aromatic heterocycles. The SMILES string of the molecule is O=C1CCC(CNCC2CCC2)N1. The van der Waals surface area contributed by atoms with Gasteiger partial charge in [0, 0.05) is 19.0 Å². The Morgan fingerprint density at radius 2 is 2.15 bits per heavy atom. The van der Waals surface area contributed by atoms with Crippen molar-refractivity contribution in [3.8, 4) is 0 Å². The van der Waals surface area contributed by atoms with Gasteiger partial charge in [0.15, 0.2) is 0 Å². The Morgan fingerprint density at radius 1 is 1.31 bits per heavy atom. The zero-order valence-electron chi connectivity index (χ0n) is 8.01. The molecule has 0 aromatic rings. The third-order valence-electron chi connectivity index (χ3n) is 3.13. The van der Waals surface area contributed by atoms with Crippen LogP contribution >= 0.6 is 0 Å². The van der Waals surface area contributed by atoms with Gasteiger partial charge in [-0.15, -0.1) is 0 Å². The standard InChI is InChI=1S/C10H18N2O/c13-10-5-4-9(12-10)7-11-6-8-2-1-3-8/h8-9,11H,1-7H2,(H,12,13). The number of amides is 1. The van der Waals surface area contributed by atoms with E-state index < -0.39 is 0 Å². The molecule has 2 aliphatic rings. The number of rotatable bonds is 4. The predicted molar refractivity (Wildman–Crippen MR) is 51.4 cm³/mol. The summed E-state index contributed by atoms with van der Waals surface area (Å²) in [5.74, 6) is 1.13. The highest BCUT2D eigenvalue weighted by atomic mass is 16.1. The van der Waals surface area contributed by atoms with Gasteiger partial charge in [0.1, 0.15) is 0 Å². The molecule has 1 saturated heterocycles. The van der Waals surface area contributed by atoms with Crippen LogP contribution in [0.2, 0.25) is 0 Å². The fraction of sp³-hybridized carbons (Fsp3) is 0.900. The monoisotopic (exact) mass is 182 g/mol. The third-order valence-corrected chi connectivity index (χ3v) is 3.13. The third kappa shape index (κ3) is 2.44. The van der Waals surface area contributed by atoms with Crippen molar-refractivity contribution in [2.75, 3.05) is 13.1 Å². The summed E-state index contributed by atoms with van der Waals surface area (Å²) in [6.45, 7) is 2.11. The number of hydrogen-bond acceptors (Lipinski definition) is 2. The highest BCUT2D eigenvalue weighted by Gasteiger charge is 2.21. The van der Waals surface area contributed by atoms with Gasteiger partial charge in [-0.2, -0.15) is 0 Å². The molecule has 3 nitrogen and oxygen atoms in total. The number of nitrogens with one attached hydrogen (secondary N) is 2. The number of hydrogen-bond donors (Lipinski definition) is 2.